The third-order valence-corrected chi connectivity index (χ3v) is 5.06. The molecule has 2 amide bonds. The molecule has 0 spiro atoms. The average Bonchev–Trinajstić information content (AvgIpc) is 2.81. The average molecular weight is 310 g/mol. The van der Waals surface area contributed by atoms with Crippen molar-refractivity contribution in [2.75, 3.05) is 6.54 Å². The van der Waals surface area contributed by atoms with Gasteiger partial charge in [-0.25, -0.2) is 0 Å². The van der Waals surface area contributed by atoms with Crippen molar-refractivity contribution in [2.24, 2.45) is 5.92 Å². The van der Waals surface area contributed by atoms with Gasteiger partial charge in [-0.1, -0.05) is 44.9 Å². The van der Waals surface area contributed by atoms with E-state index in [1.807, 2.05) is 0 Å². The number of hydrogen-bond donors (Lipinski definition) is 3. The van der Waals surface area contributed by atoms with Crippen LogP contribution in [0.4, 0.5) is 0 Å². The molecule has 0 saturated heterocycles. The van der Waals surface area contributed by atoms with Crippen LogP contribution in [-0.2, 0) is 9.59 Å². The van der Waals surface area contributed by atoms with Crippen LogP contribution < -0.4 is 10.6 Å². The number of hydrogen-bond acceptors (Lipinski definition) is 3. The van der Waals surface area contributed by atoms with Crippen molar-refractivity contribution in [1.29, 1.82) is 0 Å². The van der Waals surface area contributed by atoms with E-state index in [0.717, 1.165) is 51.4 Å². The fourth-order valence-corrected chi connectivity index (χ4v) is 3.64. The highest BCUT2D eigenvalue weighted by Crippen LogP contribution is 2.26. The van der Waals surface area contributed by atoms with Crippen LogP contribution in [0.15, 0.2) is 0 Å². The van der Waals surface area contributed by atoms with E-state index in [1.165, 1.54) is 19.3 Å². The molecule has 0 aromatic heterocycles. The quantitative estimate of drug-likeness (QED) is 0.548. The van der Waals surface area contributed by atoms with Crippen LogP contribution in [0.1, 0.15) is 70.6 Å². The number of nitrogens with one attached hydrogen (secondary N) is 2. The maximum atomic E-state index is 11.9. The van der Waals surface area contributed by atoms with Crippen molar-refractivity contribution in [2.45, 2.75) is 82.8 Å². The Balaban J connectivity index is 1.67. The van der Waals surface area contributed by atoms with E-state index in [1.54, 1.807) is 0 Å². The molecule has 5 heteroatoms. The summed E-state index contributed by atoms with van der Waals surface area (Å²) in [6.07, 6.45) is 11.6. The molecule has 2 saturated carbocycles. The molecule has 0 heterocycles. The topological polar surface area (TPSA) is 78.4 Å². The maximum absolute atomic E-state index is 11.9. The molecule has 0 aliphatic heterocycles. The summed E-state index contributed by atoms with van der Waals surface area (Å²) in [6.45, 7) is 0.182. The Labute approximate surface area is 133 Å². The van der Waals surface area contributed by atoms with Gasteiger partial charge < -0.3 is 15.7 Å². The molecule has 5 nitrogen and oxygen atoms in total. The van der Waals surface area contributed by atoms with Crippen molar-refractivity contribution in [3.05, 3.63) is 0 Å². The fourth-order valence-electron chi connectivity index (χ4n) is 3.64. The molecule has 0 radical (unpaired) electrons. The first-order chi connectivity index (χ1) is 10.7. The zero-order valence-electron chi connectivity index (χ0n) is 13.5. The van der Waals surface area contributed by atoms with Crippen molar-refractivity contribution in [1.82, 2.24) is 10.6 Å². The molecule has 2 aliphatic carbocycles. The van der Waals surface area contributed by atoms with Crippen molar-refractivity contribution >= 4 is 11.8 Å². The lowest BCUT2D eigenvalue weighted by Gasteiger charge is -2.26. The summed E-state index contributed by atoms with van der Waals surface area (Å²) in [7, 11) is 0. The molecule has 1 atom stereocenters. The molecule has 2 aliphatic rings. The molecule has 2 rings (SSSR count). The Morgan fingerprint density at radius 2 is 1.41 bits per heavy atom. The third kappa shape index (κ3) is 5.59. The van der Waals surface area contributed by atoms with Crippen LogP contribution in [0.25, 0.3) is 0 Å². The summed E-state index contributed by atoms with van der Waals surface area (Å²) < 4.78 is 0. The first-order valence-corrected chi connectivity index (χ1v) is 8.93. The minimum atomic E-state index is -0.612. The highest BCUT2D eigenvalue weighted by atomic mass is 16.3. The predicted molar refractivity (Wildman–Crippen MR) is 85.2 cm³/mol. The van der Waals surface area contributed by atoms with Crippen molar-refractivity contribution in [3.8, 4) is 0 Å². The van der Waals surface area contributed by atoms with Gasteiger partial charge in [0.1, 0.15) is 0 Å². The van der Waals surface area contributed by atoms with E-state index in [-0.39, 0.29) is 18.5 Å². The molecule has 1 unspecified atom stereocenters. The molecular formula is C17H30N2O3. The van der Waals surface area contributed by atoms with Gasteiger partial charge in [-0.05, 0) is 31.6 Å². The highest BCUT2D eigenvalue weighted by Gasteiger charge is 2.24. The summed E-state index contributed by atoms with van der Waals surface area (Å²) in [4.78, 5) is 23.8. The first-order valence-electron chi connectivity index (χ1n) is 8.93. The summed E-state index contributed by atoms with van der Waals surface area (Å²) in [5.41, 5.74) is 0. The number of rotatable bonds is 4. The number of aliphatic hydroxyl groups excluding tert-OH is 1. The number of amides is 2. The van der Waals surface area contributed by atoms with Gasteiger partial charge in [0.2, 0.25) is 0 Å². The van der Waals surface area contributed by atoms with Gasteiger partial charge in [0.05, 0.1) is 6.10 Å². The Morgan fingerprint density at radius 3 is 2.05 bits per heavy atom. The Hall–Kier alpha value is -1.10. The monoisotopic (exact) mass is 310 g/mol. The van der Waals surface area contributed by atoms with Gasteiger partial charge in [0.15, 0.2) is 0 Å². The summed E-state index contributed by atoms with van der Waals surface area (Å²) in [5, 5.41) is 15.5. The van der Waals surface area contributed by atoms with E-state index in [4.69, 9.17) is 0 Å². The minimum Gasteiger partial charge on any atom is -0.391 e. The van der Waals surface area contributed by atoms with E-state index in [0.29, 0.717) is 0 Å². The summed E-state index contributed by atoms with van der Waals surface area (Å²) >= 11 is 0. The molecule has 3 N–H and O–H groups in total. The van der Waals surface area contributed by atoms with Crippen LogP contribution in [0.5, 0.6) is 0 Å². The molecule has 0 aromatic carbocycles. The van der Waals surface area contributed by atoms with E-state index in [2.05, 4.69) is 10.6 Å². The minimum absolute atomic E-state index is 0.129. The van der Waals surface area contributed by atoms with Gasteiger partial charge in [-0.15, -0.1) is 0 Å². The lowest BCUT2D eigenvalue weighted by Crippen LogP contribution is -2.47. The standard InChI is InChI=1S/C17H30N2O3/c20-15(13-8-4-3-5-9-13)12-18-16(21)17(22)19-14-10-6-1-2-7-11-14/h13-15,20H,1-12H2,(H,18,21)(H,19,22). The fraction of sp³-hybridized carbons (Fsp3) is 0.882. The number of carbonyl (C=O) groups is 2. The van der Waals surface area contributed by atoms with Gasteiger partial charge in [0, 0.05) is 12.6 Å². The Kier molecular flexibility index (Phi) is 7.16. The zero-order valence-corrected chi connectivity index (χ0v) is 13.5. The van der Waals surface area contributed by atoms with Gasteiger partial charge >= 0.3 is 11.8 Å². The largest absolute Gasteiger partial charge is 0.391 e. The lowest BCUT2D eigenvalue weighted by atomic mass is 9.85. The van der Waals surface area contributed by atoms with E-state index in [9.17, 15) is 14.7 Å². The van der Waals surface area contributed by atoms with Crippen LogP contribution >= 0.6 is 0 Å². The number of aliphatic hydroxyl groups is 1. The Morgan fingerprint density at radius 1 is 0.864 bits per heavy atom. The third-order valence-electron chi connectivity index (χ3n) is 5.06. The second-order valence-electron chi connectivity index (χ2n) is 6.84. The first kappa shape index (κ1) is 17.3. The Bertz CT molecular complexity index is 359. The molecule has 0 aromatic rings. The van der Waals surface area contributed by atoms with Crippen LogP contribution in [0.3, 0.4) is 0 Å². The van der Waals surface area contributed by atoms with Crippen LogP contribution in [0.2, 0.25) is 0 Å². The van der Waals surface area contributed by atoms with Gasteiger partial charge in [-0.2, -0.15) is 0 Å². The van der Waals surface area contributed by atoms with Crippen molar-refractivity contribution in [3.63, 3.8) is 0 Å². The van der Waals surface area contributed by atoms with E-state index < -0.39 is 17.9 Å². The predicted octanol–water partition coefficient (Wildman–Crippen LogP) is 1.88. The smallest absolute Gasteiger partial charge is 0.309 e. The lowest BCUT2D eigenvalue weighted by molar-refractivity contribution is -0.140. The summed E-state index contributed by atoms with van der Waals surface area (Å²) in [5.74, 6) is -0.902. The van der Waals surface area contributed by atoms with Crippen molar-refractivity contribution < 1.29 is 14.7 Å². The zero-order chi connectivity index (χ0) is 15.8. The second-order valence-corrected chi connectivity index (χ2v) is 6.84. The molecule has 126 valence electrons. The van der Waals surface area contributed by atoms with Crippen LogP contribution in [-0.4, -0.2) is 35.6 Å². The van der Waals surface area contributed by atoms with E-state index >= 15 is 0 Å². The summed E-state index contributed by atoms with van der Waals surface area (Å²) in [6, 6.07) is 0.129. The SMILES string of the molecule is O=C(NCC(O)C1CCCCC1)C(=O)NC1CCCCCC1. The highest BCUT2D eigenvalue weighted by molar-refractivity contribution is 6.35. The molecular weight excluding hydrogens is 280 g/mol. The molecule has 0 bridgehead atoms. The maximum Gasteiger partial charge on any atom is 0.309 e. The normalized spacial score (nSPS) is 22.6. The molecule has 2 fully saturated rings. The van der Waals surface area contributed by atoms with Gasteiger partial charge in [-0.3, -0.25) is 9.59 Å². The molecule has 22 heavy (non-hydrogen) atoms. The second kappa shape index (κ2) is 9.13. The number of carbonyl (C=O) groups excluding carboxylic acids is 2. The van der Waals surface area contributed by atoms with Crippen LogP contribution in [0, 0.1) is 5.92 Å². The van der Waals surface area contributed by atoms with Gasteiger partial charge in [0.25, 0.3) is 0 Å².